The van der Waals surface area contributed by atoms with Gasteiger partial charge in [0, 0.05) is 30.0 Å². The van der Waals surface area contributed by atoms with Gasteiger partial charge in [0.2, 0.25) is 0 Å². The number of aryl methyl sites for hydroxylation is 1. The van der Waals surface area contributed by atoms with Crippen LogP contribution in [0, 0.1) is 13.8 Å². The number of ether oxygens (including phenoxy) is 2. The van der Waals surface area contributed by atoms with E-state index in [4.69, 9.17) is 9.47 Å². The summed E-state index contributed by atoms with van der Waals surface area (Å²) in [6.45, 7) is 10.7. The Labute approximate surface area is 222 Å². The fourth-order valence-electron chi connectivity index (χ4n) is 5.20. The van der Waals surface area contributed by atoms with E-state index in [9.17, 15) is 14.7 Å². The van der Waals surface area contributed by atoms with Crippen LogP contribution in [0.1, 0.15) is 42.1 Å². The second kappa shape index (κ2) is 10.2. The normalized spacial score (nSPS) is 18.1. The Kier molecular flexibility index (Phi) is 6.85. The van der Waals surface area contributed by atoms with Crippen molar-refractivity contribution in [3.63, 3.8) is 0 Å². The lowest BCUT2D eigenvalue weighted by Gasteiger charge is -2.28. The van der Waals surface area contributed by atoms with Crippen LogP contribution in [0.3, 0.4) is 0 Å². The fraction of sp³-hybridized carbons (Fsp3) is 0.290. The third kappa shape index (κ3) is 4.28. The Morgan fingerprint density at radius 1 is 0.947 bits per heavy atom. The minimum absolute atomic E-state index is 0.0446. The fourth-order valence-corrected chi connectivity index (χ4v) is 5.20. The first-order chi connectivity index (χ1) is 18.3. The largest absolute Gasteiger partial charge is 0.507 e. The minimum atomic E-state index is -0.797. The van der Waals surface area contributed by atoms with Gasteiger partial charge >= 0.3 is 0 Å². The van der Waals surface area contributed by atoms with E-state index in [1.54, 1.807) is 18.2 Å². The molecule has 0 bridgehead atoms. The number of carbonyl (C=O) groups is 2. The Morgan fingerprint density at radius 2 is 1.63 bits per heavy atom. The molecule has 1 saturated heterocycles. The maximum atomic E-state index is 13.6. The number of fused-ring (bicyclic) bond motifs is 1. The van der Waals surface area contributed by atoms with Crippen LogP contribution in [-0.4, -0.2) is 43.1 Å². The van der Waals surface area contributed by atoms with Gasteiger partial charge in [-0.3, -0.25) is 14.5 Å². The van der Waals surface area contributed by atoms with Gasteiger partial charge in [0.15, 0.2) is 11.5 Å². The Morgan fingerprint density at radius 3 is 2.32 bits per heavy atom. The molecule has 2 aliphatic rings. The molecule has 0 saturated carbocycles. The van der Waals surface area contributed by atoms with E-state index >= 15 is 0 Å². The molecule has 1 atom stereocenters. The van der Waals surface area contributed by atoms with Gasteiger partial charge in [-0.2, -0.15) is 0 Å². The summed E-state index contributed by atoms with van der Waals surface area (Å²) in [4.78, 5) is 30.9. The molecule has 1 unspecified atom stereocenters. The van der Waals surface area contributed by atoms with Crippen LogP contribution in [-0.2, 0) is 9.59 Å². The van der Waals surface area contributed by atoms with E-state index in [2.05, 4.69) is 18.7 Å². The van der Waals surface area contributed by atoms with Gasteiger partial charge in [0.1, 0.15) is 19.0 Å². The number of hydrogen-bond acceptors (Lipinski definition) is 6. The van der Waals surface area contributed by atoms with E-state index in [1.165, 1.54) is 4.90 Å². The summed E-state index contributed by atoms with van der Waals surface area (Å²) in [5, 5.41) is 11.5. The lowest BCUT2D eigenvalue weighted by Crippen LogP contribution is -2.30. The van der Waals surface area contributed by atoms with Crippen molar-refractivity contribution >= 4 is 28.8 Å². The molecule has 1 N–H and O–H groups in total. The molecule has 0 aliphatic carbocycles. The van der Waals surface area contributed by atoms with Crippen LogP contribution in [0.25, 0.3) is 5.76 Å². The maximum absolute atomic E-state index is 13.6. The van der Waals surface area contributed by atoms with Crippen LogP contribution in [0.4, 0.5) is 11.4 Å². The van der Waals surface area contributed by atoms with Crippen LogP contribution in [0.5, 0.6) is 11.5 Å². The number of carbonyl (C=O) groups excluding carboxylic acids is 2. The monoisotopic (exact) mass is 512 g/mol. The molecular formula is C31H32N2O5. The number of nitrogens with zero attached hydrogens (tertiary/aromatic N) is 2. The first-order valence-electron chi connectivity index (χ1n) is 13.0. The summed E-state index contributed by atoms with van der Waals surface area (Å²) in [6, 6.07) is 17.8. The number of aliphatic hydroxyl groups excluding tert-OH is 1. The standard InChI is InChI=1S/C31H32N2O5/c1-5-32(6-2)23-13-10-21(11-14-23)28-27(29(34)22-12-15-25-26(18-22)38-17-16-37-25)30(35)31(36)33(28)24-9-7-8-19(3)20(24)4/h7-15,18,28,34H,5-6,16-17H2,1-4H3/b29-27-. The van der Waals surface area contributed by atoms with E-state index in [1.807, 2.05) is 56.3 Å². The van der Waals surface area contributed by atoms with Gasteiger partial charge in [-0.05, 0) is 80.8 Å². The minimum Gasteiger partial charge on any atom is -0.507 e. The average molecular weight is 513 g/mol. The second-order valence-corrected chi connectivity index (χ2v) is 9.51. The second-order valence-electron chi connectivity index (χ2n) is 9.51. The number of rotatable bonds is 6. The van der Waals surface area contributed by atoms with Crippen LogP contribution >= 0.6 is 0 Å². The number of hydrogen-bond donors (Lipinski definition) is 1. The molecule has 7 heteroatoms. The lowest BCUT2D eigenvalue weighted by atomic mass is 9.94. The van der Waals surface area contributed by atoms with Crippen molar-refractivity contribution in [3.05, 3.63) is 88.5 Å². The molecule has 0 aromatic heterocycles. The first-order valence-corrected chi connectivity index (χ1v) is 13.0. The van der Waals surface area contributed by atoms with Crippen molar-refractivity contribution in [1.29, 1.82) is 0 Å². The van der Waals surface area contributed by atoms with Crippen molar-refractivity contribution in [3.8, 4) is 11.5 Å². The third-order valence-corrected chi connectivity index (χ3v) is 7.43. The molecular weight excluding hydrogens is 480 g/mol. The molecule has 38 heavy (non-hydrogen) atoms. The Balaban J connectivity index is 1.69. The van der Waals surface area contributed by atoms with Crippen molar-refractivity contribution in [2.45, 2.75) is 33.7 Å². The highest BCUT2D eigenvalue weighted by atomic mass is 16.6. The molecule has 2 aliphatic heterocycles. The molecule has 1 fully saturated rings. The molecule has 0 radical (unpaired) electrons. The lowest BCUT2D eigenvalue weighted by molar-refractivity contribution is -0.132. The summed E-state index contributed by atoms with van der Waals surface area (Å²) < 4.78 is 11.3. The van der Waals surface area contributed by atoms with Crippen LogP contribution in [0.2, 0.25) is 0 Å². The van der Waals surface area contributed by atoms with Gasteiger partial charge in [0.05, 0.1) is 11.6 Å². The number of Topliss-reactive ketones (excluding diaryl/α,β-unsaturated/α-hetero) is 1. The highest BCUT2D eigenvalue weighted by Gasteiger charge is 2.47. The molecule has 2 heterocycles. The van der Waals surface area contributed by atoms with Crippen LogP contribution in [0.15, 0.2) is 66.2 Å². The molecule has 3 aromatic carbocycles. The molecule has 196 valence electrons. The predicted molar refractivity (Wildman–Crippen MR) is 148 cm³/mol. The number of anilines is 2. The summed E-state index contributed by atoms with van der Waals surface area (Å²) in [7, 11) is 0. The SMILES string of the molecule is CCN(CC)c1ccc(C2/C(=C(/O)c3ccc4c(c3)OCCO4)C(=O)C(=O)N2c2cccc(C)c2C)cc1. The van der Waals surface area contributed by atoms with Gasteiger partial charge in [0.25, 0.3) is 11.7 Å². The van der Waals surface area contributed by atoms with Crippen molar-refractivity contribution in [1.82, 2.24) is 0 Å². The Bertz CT molecular complexity index is 1420. The van der Waals surface area contributed by atoms with Crippen molar-refractivity contribution < 1.29 is 24.2 Å². The first kappa shape index (κ1) is 25.4. The number of amides is 1. The smallest absolute Gasteiger partial charge is 0.300 e. The van der Waals surface area contributed by atoms with E-state index in [0.29, 0.717) is 36.0 Å². The van der Waals surface area contributed by atoms with Gasteiger partial charge in [-0.25, -0.2) is 0 Å². The molecule has 7 nitrogen and oxygen atoms in total. The maximum Gasteiger partial charge on any atom is 0.300 e. The summed E-state index contributed by atoms with van der Waals surface area (Å²) >= 11 is 0. The van der Waals surface area contributed by atoms with Gasteiger partial charge in [-0.15, -0.1) is 0 Å². The van der Waals surface area contributed by atoms with E-state index in [0.717, 1.165) is 35.5 Å². The highest BCUT2D eigenvalue weighted by Crippen LogP contribution is 2.44. The molecule has 3 aromatic rings. The third-order valence-electron chi connectivity index (χ3n) is 7.43. The summed E-state index contributed by atoms with van der Waals surface area (Å²) in [6.07, 6.45) is 0. The predicted octanol–water partition coefficient (Wildman–Crippen LogP) is 5.55. The molecule has 1 amide bonds. The zero-order valence-corrected chi connectivity index (χ0v) is 22.2. The average Bonchev–Trinajstić information content (AvgIpc) is 3.20. The van der Waals surface area contributed by atoms with E-state index < -0.39 is 17.7 Å². The Hall–Kier alpha value is -4.26. The molecule has 5 rings (SSSR count). The van der Waals surface area contributed by atoms with Gasteiger partial charge < -0.3 is 19.5 Å². The molecule has 0 spiro atoms. The number of aliphatic hydroxyl groups is 1. The summed E-state index contributed by atoms with van der Waals surface area (Å²) in [5.74, 6) is -0.575. The topological polar surface area (TPSA) is 79.3 Å². The van der Waals surface area contributed by atoms with Crippen molar-refractivity contribution in [2.24, 2.45) is 0 Å². The quantitative estimate of drug-likeness (QED) is 0.265. The number of benzene rings is 3. The van der Waals surface area contributed by atoms with E-state index in [-0.39, 0.29) is 11.3 Å². The van der Waals surface area contributed by atoms with Crippen molar-refractivity contribution in [2.75, 3.05) is 36.1 Å². The highest BCUT2D eigenvalue weighted by molar-refractivity contribution is 6.51. The van der Waals surface area contributed by atoms with Crippen LogP contribution < -0.4 is 19.3 Å². The summed E-state index contributed by atoms with van der Waals surface area (Å²) in [5.41, 5.74) is 4.77. The van der Waals surface area contributed by atoms with Gasteiger partial charge in [-0.1, -0.05) is 24.3 Å². The zero-order valence-electron chi connectivity index (χ0n) is 22.2. The number of ketones is 1. The zero-order chi connectivity index (χ0) is 27.0.